The minimum absolute atomic E-state index is 0.0633. The lowest BCUT2D eigenvalue weighted by molar-refractivity contribution is -0.167. The van der Waals surface area contributed by atoms with E-state index < -0.39 is 6.10 Å². The Morgan fingerprint density at radius 1 is 0.290 bits per heavy atom. The number of ether oxygens (including phenoxy) is 3. The van der Waals surface area contributed by atoms with Crippen molar-refractivity contribution in [2.45, 2.75) is 356 Å². The Balaban J connectivity index is 4.23. The van der Waals surface area contributed by atoms with Crippen molar-refractivity contribution in [3.8, 4) is 0 Å². The first-order chi connectivity index (χ1) is 33.6. The number of hydrogen-bond acceptors (Lipinski definition) is 6. The number of esters is 3. The summed E-state index contributed by atoms with van der Waals surface area (Å²) in [4.78, 5) is 38.2. The molecular formula is C63H122O6. The molecule has 0 radical (unpaired) electrons. The number of unbranched alkanes of at least 4 members (excludes halogenated alkanes) is 38. The lowest BCUT2D eigenvalue weighted by Crippen LogP contribution is -2.30. The molecule has 410 valence electrons. The lowest BCUT2D eigenvalue weighted by atomic mass is 9.99. The van der Waals surface area contributed by atoms with Crippen molar-refractivity contribution in [1.29, 1.82) is 0 Å². The summed E-state index contributed by atoms with van der Waals surface area (Å²) in [6.45, 7) is 13.8. The van der Waals surface area contributed by atoms with E-state index in [9.17, 15) is 14.4 Å². The molecule has 6 heteroatoms. The predicted molar refractivity (Wildman–Crippen MR) is 298 cm³/mol. The van der Waals surface area contributed by atoms with Gasteiger partial charge < -0.3 is 14.2 Å². The molecule has 0 rings (SSSR count). The van der Waals surface area contributed by atoms with Gasteiger partial charge in [-0.2, -0.15) is 0 Å². The summed E-state index contributed by atoms with van der Waals surface area (Å²) in [5.41, 5.74) is 0. The summed E-state index contributed by atoms with van der Waals surface area (Å²) in [7, 11) is 0. The molecule has 0 aliphatic heterocycles. The Morgan fingerprint density at radius 3 is 0.754 bits per heavy atom. The second kappa shape index (κ2) is 54.2. The Bertz CT molecular complexity index is 1070. The first kappa shape index (κ1) is 67.4. The van der Waals surface area contributed by atoms with Crippen molar-refractivity contribution in [3.05, 3.63) is 0 Å². The summed E-state index contributed by atoms with van der Waals surface area (Å²) in [5.74, 6) is 1.71. The van der Waals surface area contributed by atoms with Gasteiger partial charge in [-0.05, 0) is 37.0 Å². The van der Waals surface area contributed by atoms with Gasteiger partial charge in [0, 0.05) is 19.3 Å². The van der Waals surface area contributed by atoms with Gasteiger partial charge in [0.05, 0.1) is 0 Å². The smallest absolute Gasteiger partial charge is 0.306 e. The number of hydrogen-bond donors (Lipinski definition) is 0. The van der Waals surface area contributed by atoms with Gasteiger partial charge in [0.15, 0.2) is 6.10 Å². The maximum absolute atomic E-state index is 12.9. The molecule has 0 bridgehead atoms. The zero-order valence-electron chi connectivity index (χ0n) is 47.6. The average Bonchev–Trinajstić information content (AvgIpc) is 3.32. The highest BCUT2D eigenvalue weighted by molar-refractivity contribution is 5.71. The van der Waals surface area contributed by atoms with Crippen molar-refractivity contribution in [2.24, 2.45) is 17.8 Å². The second-order valence-corrected chi connectivity index (χ2v) is 22.9. The number of carbonyl (C=O) groups excluding carboxylic acids is 3. The Hall–Kier alpha value is -1.59. The van der Waals surface area contributed by atoms with E-state index in [0.717, 1.165) is 75.5 Å². The van der Waals surface area contributed by atoms with Crippen LogP contribution in [0.5, 0.6) is 0 Å². The van der Waals surface area contributed by atoms with Crippen LogP contribution in [-0.2, 0) is 28.6 Å². The van der Waals surface area contributed by atoms with Crippen molar-refractivity contribution >= 4 is 17.9 Å². The molecule has 0 saturated carbocycles. The average molecular weight is 976 g/mol. The number of rotatable bonds is 56. The molecule has 0 aromatic rings. The van der Waals surface area contributed by atoms with Gasteiger partial charge in [0.2, 0.25) is 0 Å². The van der Waals surface area contributed by atoms with Gasteiger partial charge in [0.25, 0.3) is 0 Å². The van der Waals surface area contributed by atoms with Gasteiger partial charge in [-0.3, -0.25) is 14.4 Å². The summed E-state index contributed by atoms with van der Waals surface area (Å²) >= 11 is 0. The molecule has 0 aliphatic carbocycles. The normalized spacial score (nSPS) is 12.5. The molecule has 0 heterocycles. The van der Waals surface area contributed by atoms with E-state index in [1.165, 1.54) is 231 Å². The molecule has 6 nitrogen and oxygen atoms in total. The summed E-state index contributed by atoms with van der Waals surface area (Å²) in [5, 5.41) is 0. The first-order valence-electron chi connectivity index (χ1n) is 31.1. The van der Waals surface area contributed by atoms with E-state index in [-0.39, 0.29) is 31.1 Å². The fraction of sp³-hybridized carbons (Fsp3) is 0.952. The van der Waals surface area contributed by atoms with E-state index >= 15 is 0 Å². The van der Waals surface area contributed by atoms with Crippen LogP contribution in [0, 0.1) is 17.8 Å². The van der Waals surface area contributed by atoms with Gasteiger partial charge in [-0.1, -0.05) is 311 Å². The molecule has 1 unspecified atom stereocenters. The van der Waals surface area contributed by atoms with Crippen molar-refractivity contribution in [3.63, 3.8) is 0 Å². The lowest BCUT2D eigenvalue weighted by Gasteiger charge is -2.18. The predicted octanol–water partition coefficient (Wildman–Crippen LogP) is 20.7. The maximum atomic E-state index is 12.9. The van der Waals surface area contributed by atoms with E-state index in [1.54, 1.807) is 0 Å². The van der Waals surface area contributed by atoms with Crippen LogP contribution in [-0.4, -0.2) is 37.2 Å². The molecular weight excluding hydrogens is 853 g/mol. The fourth-order valence-corrected chi connectivity index (χ4v) is 9.67. The molecule has 2 atom stereocenters. The summed E-state index contributed by atoms with van der Waals surface area (Å²) < 4.78 is 16.9. The highest BCUT2D eigenvalue weighted by atomic mass is 16.6. The van der Waals surface area contributed by atoms with Crippen molar-refractivity contribution in [1.82, 2.24) is 0 Å². The molecule has 0 aromatic carbocycles. The van der Waals surface area contributed by atoms with Crippen LogP contribution in [0.25, 0.3) is 0 Å². The standard InChI is InChI=1S/C63H122O6/c1-7-59(6)51-45-39-33-26-22-18-14-10-8-9-11-15-20-24-28-36-42-48-54-63(66)69-60(56-68-62(65)53-47-41-35-30-29-32-38-44-50-58(4)5)55-67-61(64)52-46-40-34-27-23-19-16-12-13-17-21-25-31-37-43-49-57(2)3/h57-60H,7-56H2,1-6H3/t59?,60-/m0/s1. The monoisotopic (exact) mass is 975 g/mol. The highest BCUT2D eigenvalue weighted by Crippen LogP contribution is 2.19. The molecule has 0 aromatic heterocycles. The largest absolute Gasteiger partial charge is 0.462 e. The third-order valence-electron chi connectivity index (χ3n) is 14.8. The van der Waals surface area contributed by atoms with E-state index in [1.807, 2.05) is 0 Å². The molecule has 0 spiro atoms. The summed E-state index contributed by atoms with van der Waals surface area (Å²) in [6.07, 6.45) is 58.2. The minimum atomic E-state index is -0.764. The third-order valence-corrected chi connectivity index (χ3v) is 14.8. The van der Waals surface area contributed by atoms with Gasteiger partial charge in [-0.15, -0.1) is 0 Å². The van der Waals surface area contributed by atoms with Crippen molar-refractivity contribution in [2.75, 3.05) is 13.2 Å². The molecule has 0 N–H and O–H groups in total. The minimum Gasteiger partial charge on any atom is -0.462 e. The van der Waals surface area contributed by atoms with Crippen LogP contribution in [0.1, 0.15) is 350 Å². The van der Waals surface area contributed by atoms with E-state index in [2.05, 4.69) is 41.5 Å². The van der Waals surface area contributed by atoms with E-state index in [4.69, 9.17) is 14.2 Å². The van der Waals surface area contributed by atoms with E-state index in [0.29, 0.717) is 19.3 Å². The topological polar surface area (TPSA) is 78.9 Å². The van der Waals surface area contributed by atoms with Gasteiger partial charge >= 0.3 is 17.9 Å². The zero-order chi connectivity index (χ0) is 50.5. The molecule has 0 amide bonds. The Morgan fingerprint density at radius 2 is 0.507 bits per heavy atom. The van der Waals surface area contributed by atoms with Crippen LogP contribution in [0.2, 0.25) is 0 Å². The van der Waals surface area contributed by atoms with Crippen LogP contribution in [0.3, 0.4) is 0 Å². The third kappa shape index (κ3) is 55.6. The highest BCUT2D eigenvalue weighted by Gasteiger charge is 2.19. The molecule has 0 aliphatic rings. The van der Waals surface area contributed by atoms with Gasteiger partial charge in [-0.25, -0.2) is 0 Å². The molecule has 0 saturated heterocycles. The summed E-state index contributed by atoms with van der Waals surface area (Å²) in [6, 6.07) is 0. The number of carbonyl (C=O) groups is 3. The van der Waals surface area contributed by atoms with Crippen molar-refractivity contribution < 1.29 is 28.6 Å². The van der Waals surface area contributed by atoms with Crippen LogP contribution in [0.4, 0.5) is 0 Å². The maximum Gasteiger partial charge on any atom is 0.306 e. The fourth-order valence-electron chi connectivity index (χ4n) is 9.67. The Kier molecular flexibility index (Phi) is 52.9. The first-order valence-corrected chi connectivity index (χ1v) is 31.1. The van der Waals surface area contributed by atoms with Crippen LogP contribution < -0.4 is 0 Å². The Labute approximate surface area is 431 Å². The zero-order valence-corrected chi connectivity index (χ0v) is 47.6. The second-order valence-electron chi connectivity index (χ2n) is 22.9. The molecule has 0 fully saturated rings. The van der Waals surface area contributed by atoms with Crippen LogP contribution in [0.15, 0.2) is 0 Å². The quantitative estimate of drug-likeness (QED) is 0.0343. The molecule has 69 heavy (non-hydrogen) atoms. The SMILES string of the molecule is CCC(C)CCCCCCCCCCCCCCCCCCCCC(=O)O[C@@H](COC(=O)CCCCCCCCCCCCCCCCCC(C)C)COC(=O)CCCCCCCCCCC(C)C. The van der Waals surface area contributed by atoms with Crippen LogP contribution >= 0.6 is 0 Å². The van der Waals surface area contributed by atoms with Gasteiger partial charge in [0.1, 0.15) is 13.2 Å².